The Bertz CT molecular complexity index is 537. The SMILES string of the molecule is CC1CCNCC1NC(=O)C1CCCN1C(=O)c1cccs1.Cl. The van der Waals surface area contributed by atoms with Crippen LogP contribution >= 0.6 is 23.7 Å². The van der Waals surface area contributed by atoms with E-state index in [-0.39, 0.29) is 36.3 Å². The van der Waals surface area contributed by atoms with E-state index in [1.165, 1.54) is 11.3 Å². The minimum Gasteiger partial charge on any atom is -0.350 e. The number of nitrogens with one attached hydrogen (secondary N) is 2. The maximum atomic E-state index is 12.6. The van der Waals surface area contributed by atoms with Gasteiger partial charge in [-0.15, -0.1) is 23.7 Å². The fraction of sp³-hybridized carbons (Fsp3) is 0.625. The Hall–Kier alpha value is -1.11. The number of piperidine rings is 1. The Kier molecular flexibility index (Phi) is 6.44. The monoisotopic (exact) mass is 357 g/mol. The summed E-state index contributed by atoms with van der Waals surface area (Å²) in [7, 11) is 0. The normalized spacial score (nSPS) is 27.3. The smallest absolute Gasteiger partial charge is 0.264 e. The lowest BCUT2D eigenvalue weighted by molar-refractivity contribution is -0.126. The molecule has 3 unspecified atom stereocenters. The van der Waals surface area contributed by atoms with Gasteiger partial charge >= 0.3 is 0 Å². The summed E-state index contributed by atoms with van der Waals surface area (Å²) in [6, 6.07) is 3.55. The Balaban J connectivity index is 0.00000192. The molecule has 0 saturated carbocycles. The van der Waals surface area contributed by atoms with Gasteiger partial charge in [-0.3, -0.25) is 9.59 Å². The lowest BCUT2D eigenvalue weighted by Crippen LogP contribution is -2.55. The van der Waals surface area contributed by atoms with E-state index < -0.39 is 0 Å². The summed E-state index contributed by atoms with van der Waals surface area (Å²) in [5, 5.41) is 8.37. The van der Waals surface area contributed by atoms with Crippen LogP contribution in [0.1, 0.15) is 35.9 Å². The van der Waals surface area contributed by atoms with E-state index in [1.54, 1.807) is 4.90 Å². The molecule has 2 fully saturated rings. The Labute approximate surface area is 147 Å². The zero-order valence-corrected chi connectivity index (χ0v) is 14.9. The van der Waals surface area contributed by atoms with Gasteiger partial charge in [-0.2, -0.15) is 0 Å². The average molecular weight is 358 g/mol. The molecule has 23 heavy (non-hydrogen) atoms. The first-order valence-electron chi connectivity index (χ1n) is 8.02. The first-order valence-corrected chi connectivity index (χ1v) is 8.90. The number of hydrogen-bond acceptors (Lipinski definition) is 4. The lowest BCUT2D eigenvalue weighted by atomic mass is 9.94. The van der Waals surface area contributed by atoms with Gasteiger partial charge in [0.25, 0.3) is 5.91 Å². The van der Waals surface area contributed by atoms with Crippen molar-refractivity contribution < 1.29 is 9.59 Å². The summed E-state index contributed by atoms with van der Waals surface area (Å²) in [5.41, 5.74) is 0. The topological polar surface area (TPSA) is 61.4 Å². The van der Waals surface area contributed by atoms with Gasteiger partial charge < -0.3 is 15.5 Å². The molecule has 1 aromatic heterocycles. The van der Waals surface area contributed by atoms with Crippen molar-refractivity contribution >= 4 is 35.6 Å². The quantitative estimate of drug-likeness (QED) is 0.868. The molecule has 2 N–H and O–H groups in total. The predicted octanol–water partition coefficient (Wildman–Crippen LogP) is 1.89. The number of rotatable bonds is 3. The molecule has 2 saturated heterocycles. The molecule has 0 aliphatic carbocycles. The van der Waals surface area contributed by atoms with E-state index in [0.29, 0.717) is 17.3 Å². The average Bonchev–Trinajstić information content (AvgIpc) is 3.20. The third-order valence-corrected chi connectivity index (χ3v) is 5.56. The summed E-state index contributed by atoms with van der Waals surface area (Å²) in [6.45, 7) is 4.68. The first kappa shape index (κ1) is 18.2. The summed E-state index contributed by atoms with van der Waals surface area (Å²) in [6.07, 6.45) is 2.73. The molecule has 0 spiro atoms. The van der Waals surface area contributed by atoms with Gasteiger partial charge in [-0.1, -0.05) is 13.0 Å². The van der Waals surface area contributed by atoms with Crippen molar-refractivity contribution in [3.8, 4) is 0 Å². The Morgan fingerprint density at radius 3 is 2.91 bits per heavy atom. The third kappa shape index (κ3) is 4.05. The number of nitrogens with zero attached hydrogens (tertiary/aromatic N) is 1. The number of thiophene rings is 1. The van der Waals surface area contributed by atoms with E-state index in [2.05, 4.69) is 17.6 Å². The van der Waals surface area contributed by atoms with Crippen LogP contribution in [-0.2, 0) is 4.79 Å². The minimum atomic E-state index is -0.316. The summed E-state index contributed by atoms with van der Waals surface area (Å²) < 4.78 is 0. The van der Waals surface area contributed by atoms with Crippen LogP contribution in [0.2, 0.25) is 0 Å². The van der Waals surface area contributed by atoms with Crippen LogP contribution < -0.4 is 10.6 Å². The zero-order chi connectivity index (χ0) is 15.5. The second-order valence-electron chi connectivity index (χ2n) is 6.22. The van der Waals surface area contributed by atoms with Crippen LogP contribution in [0.3, 0.4) is 0 Å². The van der Waals surface area contributed by atoms with E-state index in [4.69, 9.17) is 0 Å². The number of halogens is 1. The number of hydrogen-bond donors (Lipinski definition) is 2. The lowest BCUT2D eigenvalue weighted by Gasteiger charge is -2.32. The summed E-state index contributed by atoms with van der Waals surface area (Å²) >= 11 is 1.43. The van der Waals surface area contributed by atoms with E-state index in [0.717, 1.165) is 32.4 Å². The molecule has 2 aliphatic heterocycles. The van der Waals surface area contributed by atoms with Crippen LogP contribution in [0.5, 0.6) is 0 Å². The molecule has 0 bridgehead atoms. The highest BCUT2D eigenvalue weighted by atomic mass is 35.5. The van der Waals surface area contributed by atoms with Crippen molar-refractivity contribution in [2.45, 2.75) is 38.3 Å². The third-order valence-electron chi connectivity index (χ3n) is 4.70. The van der Waals surface area contributed by atoms with Crippen LogP contribution in [0.25, 0.3) is 0 Å². The van der Waals surface area contributed by atoms with Crippen molar-refractivity contribution in [2.75, 3.05) is 19.6 Å². The maximum Gasteiger partial charge on any atom is 0.264 e. The standard InChI is InChI=1S/C16H23N3O2S.ClH/c1-11-6-7-17-10-12(11)18-15(20)13-4-2-8-19(13)16(21)14-5-3-9-22-14;/h3,5,9,11-13,17H,2,4,6-8,10H2,1H3,(H,18,20);1H. The molecule has 2 aliphatic rings. The van der Waals surface area contributed by atoms with Crippen LogP contribution in [0, 0.1) is 5.92 Å². The molecule has 3 heterocycles. The number of carbonyl (C=O) groups is 2. The second kappa shape index (κ2) is 8.13. The van der Waals surface area contributed by atoms with Crippen molar-refractivity contribution in [3.63, 3.8) is 0 Å². The van der Waals surface area contributed by atoms with Crippen molar-refractivity contribution in [2.24, 2.45) is 5.92 Å². The molecule has 0 radical (unpaired) electrons. The predicted molar refractivity (Wildman–Crippen MR) is 94.2 cm³/mol. The van der Waals surface area contributed by atoms with Gasteiger partial charge in [0, 0.05) is 19.1 Å². The first-order chi connectivity index (χ1) is 10.7. The number of likely N-dealkylation sites (tertiary alicyclic amines) is 1. The molecular weight excluding hydrogens is 334 g/mol. The highest BCUT2D eigenvalue weighted by Crippen LogP contribution is 2.23. The van der Waals surface area contributed by atoms with Gasteiger partial charge in [-0.25, -0.2) is 0 Å². The highest BCUT2D eigenvalue weighted by molar-refractivity contribution is 7.12. The summed E-state index contributed by atoms with van der Waals surface area (Å²) in [4.78, 5) is 27.6. The van der Waals surface area contributed by atoms with Crippen molar-refractivity contribution in [1.29, 1.82) is 0 Å². The Morgan fingerprint density at radius 2 is 2.22 bits per heavy atom. The van der Waals surface area contributed by atoms with Crippen LogP contribution in [0.4, 0.5) is 0 Å². The molecule has 2 amide bonds. The van der Waals surface area contributed by atoms with Crippen LogP contribution in [0.15, 0.2) is 17.5 Å². The maximum absolute atomic E-state index is 12.6. The Morgan fingerprint density at radius 1 is 1.39 bits per heavy atom. The molecule has 5 nitrogen and oxygen atoms in total. The van der Waals surface area contributed by atoms with E-state index in [9.17, 15) is 9.59 Å². The molecular formula is C16H24ClN3O2S. The zero-order valence-electron chi connectivity index (χ0n) is 13.3. The molecule has 3 atom stereocenters. The highest BCUT2D eigenvalue weighted by Gasteiger charge is 2.36. The molecule has 7 heteroatoms. The number of amides is 2. The van der Waals surface area contributed by atoms with Gasteiger partial charge in [0.2, 0.25) is 5.91 Å². The van der Waals surface area contributed by atoms with Crippen LogP contribution in [-0.4, -0.2) is 48.4 Å². The van der Waals surface area contributed by atoms with E-state index in [1.807, 2.05) is 17.5 Å². The largest absolute Gasteiger partial charge is 0.350 e. The van der Waals surface area contributed by atoms with Crippen molar-refractivity contribution in [3.05, 3.63) is 22.4 Å². The minimum absolute atomic E-state index is 0. The summed E-state index contributed by atoms with van der Waals surface area (Å²) in [5.74, 6) is 0.471. The molecule has 128 valence electrons. The second-order valence-corrected chi connectivity index (χ2v) is 7.17. The van der Waals surface area contributed by atoms with Crippen molar-refractivity contribution in [1.82, 2.24) is 15.5 Å². The van der Waals surface area contributed by atoms with Gasteiger partial charge in [0.05, 0.1) is 4.88 Å². The molecule has 3 rings (SSSR count). The van der Waals surface area contributed by atoms with Gasteiger partial charge in [0.1, 0.15) is 6.04 Å². The molecule has 0 aromatic carbocycles. The van der Waals surface area contributed by atoms with Gasteiger partial charge in [-0.05, 0) is 43.2 Å². The fourth-order valence-corrected chi connectivity index (χ4v) is 3.96. The number of carbonyl (C=O) groups excluding carboxylic acids is 2. The van der Waals surface area contributed by atoms with Gasteiger partial charge in [0.15, 0.2) is 0 Å². The molecule has 1 aromatic rings. The fourth-order valence-electron chi connectivity index (χ4n) is 3.29. The van der Waals surface area contributed by atoms with E-state index >= 15 is 0 Å².